The van der Waals surface area contributed by atoms with Gasteiger partial charge in [0.2, 0.25) is 0 Å². The first kappa shape index (κ1) is 12.2. The Kier molecular flexibility index (Phi) is 4.75. The summed E-state index contributed by atoms with van der Waals surface area (Å²) in [6.45, 7) is 2.11. The standard InChI is InChI=1S/C11H9.CH3.Fe/c1-9-5-4-7-10-6-2-3-8-11(9)10;;/h2-7H,1H3;1H3;/q2*-1;+2. The van der Waals surface area contributed by atoms with Crippen LogP contribution in [0.15, 0.2) is 36.4 Å². The molecule has 13 heavy (non-hydrogen) atoms. The van der Waals surface area contributed by atoms with E-state index in [1.54, 1.807) is 0 Å². The van der Waals surface area contributed by atoms with Gasteiger partial charge in [-0.3, -0.25) is 0 Å². The van der Waals surface area contributed by atoms with Gasteiger partial charge in [0.25, 0.3) is 0 Å². The third kappa shape index (κ3) is 2.33. The molecule has 0 atom stereocenters. The van der Waals surface area contributed by atoms with Gasteiger partial charge in [-0.15, -0.1) is 46.7 Å². The second-order valence-corrected chi connectivity index (χ2v) is 2.71. The van der Waals surface area contributed by atoms with Gasteiger partial charge in [0.15, 0.2) is 0 Å². The van der Waals surface area contributed by atoms with Gasteiger partial charge >= 0.3 is 17.1 Å². The van der Waals surface area contributed by atoms with Gasteiger partial charge in [0.1, 0.15) is 0 Å². The second-order valence-electron chi connectivity index (χ2n) is 2.71. The fraction of sp³-hybridized carbons (Fsp3) is 0.0833. The van der Waals surface area contributed by atoms with Gasteiger partial charge in [0.05, 0.1) is 0 Å². The minimum atomic E-state index is 0. The van der Waals surface area contributed by atoms with Gasteiger partial charge in [-0.1, -0.05) is 19.1 Å². The smallest absolute Gasteiger partial charge is 0.358 e. The van der Waals surface area contributed by atoms with E-state index in [0.717, 1.165) is 0 Å². The van der Waals surface area contributed by atoms with Gasteiger partial charge in [0, 0.05) is 0 Å². The number of benzene rings is 2. The van der Waals surface area contributed by atoms with Gasteiger partial charge in [-0.25, -0.2) is 0 Å². The zero-order valence-corrected chi connectivity index (χ0v) is 8.92. The topological polar surface area (TPSA) is 0 Å². The van der Waals surface area contributed by atoms with E-state index in [2.05, 4.69) is 37.3 Å². The summed E-state index contributed by atoms with van der Waals surface area (Å²) in [7, 11) is 0. The molecule has 0 bridgehead atoms. The normalized spacial score (nSPS) is 8.69. The molecule has 0 radical (unpaired) electrons. The first-order chi connectivity index (χ1) is 5.38. The van der Waals surface area contributed by atoms with Gasteiger partial charge < -0.3 is 7.43 Å². The zero-order valence-electron chi connectivity index (χ0n) is 7.82. The van der Waals surface area contributed by atoms with Crippen molar-refractivity contribution in [1.29, 1.82) is 0 Å². The maximum Gasteiger partial charge on any atom is 2.00 e. The van der Waals surface area contributed by atoms with Crippen molar-refractivity contribution in [2.75, 3.05) is 0 Å². The molecule has 1 heteroatoms. The van der Waals surface area contributed by atoms with Crippen molar-refractivity contribution in [3.05, 3.63) is 55.5 Å². The zero-order chi connectivity index (χ0) is 7.68. The van der Waals surface area contributed by atoms with Crippen LogP contribution in [0.5, 0.6) is 0 Å². The molecular formula is C12H12Fe. The van der Waals surface area contributed by atoms with E-state index >= 15 is 0 Å². The van der Waals surface area contributed by atoms with Crippen LogP contribution in [0.25, 0.3) is 10.8 Å². The van der Waals surface area contributed by atoms with E-state index in [0.29, 0.717) is 0 Å². The summed E-state index contributed by atoms with van der Waals surface area (Å²) in [5.74, 6) is 0. The Bertz CT molecular complexity index is 374. The number of hydrogen-bond donors (Lipinski definition) is 0. The summed E-state index contributed by atoms with van der Waals surface area (Å²) in [5, 5.41) is 2.50. The van der Waals surface area contributed by atoms with Crippen LogP contribution in [0.4, 0.5) is 0 Å². The van der Waals surface area contributed by atoms with Crippen molar-refractivity contribution >= 4 is 10.8 Å². The Labute approximate surface area is 90.4 Å². The molecule has 0 N–H and O–H groups in total. The first-order valence-corrected chi connectivity index (χ1v) is 3.74. The molecule has 2 rings (SSSR count). The number of rotatable bonds is 0. The van der Waals surface area contributed by atoms with Gasteiger partial charge in [-0.05, 0) is 0 Å². The second kappa shape index (κ2) is 5.06. The average Bonchev–Trinajstić information content (AvgIpc) is 2.06. The van der Waals surface area contributed by atoms with E-state index < -0.39 is 0 Å². The summed E-state index contributed by atoms with van der Waals surface area (Å²) in [6.07, 6.45) is 0. The van der Waals surface area contributed by atoms with E-state index in [9.17, 15) is 0 Å². The molecule has 0 spiro atoms. The maximum atomic E-state index is 3.22. The molecule has 0 aliphatic rings. The third-order valence-electron chi connectivity index (χ3n) is 1.90. The fourth-order valence-corrected chi connectivity index (χ4v) is 1.31. The largest absolute Gasteiger partial charge is 2.00 e. The van der Waals surface area contributed by atoms with E-state index in [1.165, 1.54) is 16.3 Å². The van der Waals surface area contributed by atoms with Crippen molar-refractivity contribution in [3.63, 3.8) is 0 Å². The Morgan fingerprint density at radius 3 is 2.46 bits per heavy atom. The van der Waals surface area contributed by atoms with Crippen LogP contribution in [0.3, 0.4) is 0 Å². The number of aryl methyl sites for hydroxylation is 1. The minimum Gasteiger partial charge on any atom is -0.358 e. The Morgan fingerprint density at radius 1 is 1.08 bits per heavy atom. The molecule has 0 saturated heterocycles. The molecule has 0 saturated carbocycles. The van der Waals surface area contributed by atoms with Crippen molar-refractivity contribution < 1.29 is 17.1 Å². The molecule has 0 heterocycles. The molecule has 2 aromatic carbocycles. The summed E-state index contributed by atoms with van der Waals surface area (Å²) in [5.41, 5.74) is 1.29. The number of hydrogen-bond acceptors (Lipinski definition) is 0. The third-order valence-corrected chi connectivity index (χ3v) is 1.90. The van der Waals surface area contributed by atoms with E-state index in [1.807, 2.05) is 12.1 Å². The molecule has 2 aromatic rings. The molecule has 0 nitrogen and oxygen atoms in total. The Balaban J connectivity index is 0.000000720. The fourth-order valence-electron chi connectivity index (χ4n) is 1.31. The predicted molar refractivity (Wildman–Crippen MR) is 53.9 cm³/mol. The van der Waals surface area contributed by atoms with Crippen molar-refractivity contribution in [3.8, 4) is 0 Å². The van der Waals surface area contributed by atoms with Crippen LogP contribution >= 0.6 is 0 Å². The van der Waals surface area contributed by atoms with Crippen LogP contribution < -0.4 is 0 Å². The molecule has 0 amide bonds. The SMILES string of the molecule is Cc1cccc2ccc[c-]c12.[CH3-].[Fe+2]. The predicted octanol–water partition coefficient (Wildman–Crippen LogP) is 3.40. The van der Waals surface area contributed by atoms with E-state index in [-0.39, 0.29) is 24.5 Å². The molecule has 0 aliphatic carbocycles. The summed E-state index contributed by atoms with van der Waals surface area (Å²) < 4.78 is 0. The molecular weight excluding hydrogens is 200 g/mol. The van der Waals surface area contributed by atoms with Crippen molar-refractivity contribution in [2.45, 2.75) is 6.92 Å². The quantitative estimate of drug-likeness (QED) is 0.463. The monoisotopic (exact) mass is 212 g/mol. The van der Waals surface area contributed by atoms with Gasteiger partial charge in [-0.2, -0.15) is 0 Å². The van der Waals surface area contributed by atoms with Crippen LogP contribution in [0, 0.1) is 20.4 Å². The maximum absolute atomic E-state index is 3.22. The average molecular weight is 212 g/mol. The minimum absolute atomic E-state index is 0. The molecule has 68 valence electrons. The van der Waals surface area contributed by atoms with Crippen LogP contribution in [-0.4, -0.2) is 0 Å². The van der Waals surface area contributed by atoms with Crippen molar-refractivity contribution in [1.82, 2.24) is 0 Å². The van der Waals surface area contributed by atoms with E-state index in [4.69, 9.17) is 0 Å². The van der Waals surface area contributed by atoms with Crippen molar-refractivity contribution in [2.24, 2.45) is 0 Å². The van der Waals surface area contributed by atoms with Crippen LogP contribution in [-0.2, 0) is 17.1 Å². The summed E-state index contributed by atoms with van der Waals surface area (Å²) >= 11 is 0. The Morgan fingerprint density at radius 2 is 1.77 bits per heavy atom. The van der Waals surface area contributed by atoms with Crippen LogP contribution in [0.2, 0.25) is 0 Å². The number of fused-ring (bicyclic) bond motifs is 1. The molecule has 0 unspecified atom stereocenters. The molecule has 0 aliphatic heterocycles. The van der Waals surface area contributed by atoms with Crippen LogP contribution in [0.1, 0.15) is 5.56 Å². The Hall–Kier alpha value is -0.781. The summed E-state index contributed by atoms with van der Waals surface area (Å²) in [4.78, 5) is 0. The molecule has 0 fully saturated rings. The first-order valence-electron chi connectivity index (χ1n) is 3.74. The molecule has 0 aromatic heterocycles. The summed E-state index contributed by atoms with van der Waals surface area (Å²) in [6, 6.07) is 15.6.